The smallest absolute Gasteiger partial charge is 0.407 e. The van der Waals surface area contributed by atoms with Gasteiger partial charge in [0.15, 0.2) is 11.3 Å². The van der Waals surface area contributed by atoms with Gasteiger partial charge < -0.3 is 15.0 Å². The third kappa shape index (κ3) is 4.77. The quantitative estimate of drug-likeness (QED) is 0.369. The maximum atomic E-state index is 12.5. The second kappa shape index (κ2) is 9.72. The first kappa shape index (κ1) is 24.9. The van der Waals surface area contributed by atoms with Crippen LogP contribution in [0.4, 0.5) is 10.7 Å². The molecule has 198 valence electrons. The van der Waals surface area contributed by atoms with Crippen molar-refractivity contribution in [3.8, 4) is 0 Å². The summed E-state index contributed by atoms with van der Waals surface area (Å²) in [7, 11) is 0. The van der Waals surface area contributed by atoms with Gasteiger partial charge in [0, 0.05) is 60.4 Å². The lowest BCUT2D eigenvalue weighted by Crippen LogP contribution is -2.51. The lowest BCUT2D eigenvalue weighted by molar-refractivity contribution is 0.0442. The molecular weight excluding hydrogens is 498 g/mol. The number of rotatable bonds is 4. The Labute approximate surface area is 226 Å². The normalized spacial score (nSPS) is 19.3. The van der Waals surface area contributed by atoms with E-state index < -0.39 is 5.60 Å². The summed E-state index contributed by atoms with van der Waals surface area (Å²) in [5, 5.41) is 4.21. The number of amides is 1. The average molecular weight is 532 g/mol. The molecule has 0 bridgehead atoms. The zero-order valence-corrected chi connectivity index (χ0v) is 22.9. The number of ether oxygens (including phenoxy) is 1. The van der Waals surface area contributed by atoms with Gasteiger partial charge in [0.25, 0.3) is 0 Å². The Balaban J connectivity index is 1.19. The minimum atomic E-state index is -0.493. The molecule has 38 heavy (non-hydrogen) atoms. The van der Waals surface area contributed by atoms with Crippen molar-refractivity contribution < 1.29 is 9.53 Å². The van der Waals surface area contributed by atoms with Gasteiger partial charge in [0.2, 0.25) is 5.95 Å². The van der Waals surface area contributed by atoms with Gasteiger partial charge in [-0.1, -0.05) is 18.2 Å². The number of alkyl carbamates (subject to hydrolysis) is 1. The highest BCUT2D eigenvalue weighted by atomic mass is 32.2. The first-order valence-corrected chi connectivity index (χ1v) is 14.1. The van der Waals surface area contributed by atoms with Gasteiger partial charge in [-0.25, -0.2) is 24.7 Å². The number of fused-ring (bicyclic) bond motifs is 2. The SMILES string of the molecule is CC(C)(C)OC(=O)N[C@@H]1CCCC12CCN(c1ncc(Sc3ccnc4ncccc34)c3nccn13)CC2. The molecular formula is C28H33N7O2S. The van der Waals surface area contributed by atoms with Crippen molar-refractivity contribution in [2.45, 2.75) is 74.3 Å². The third-order valence-corrected chi connectivity index (χ3v) is 8.79. The van der Waals surface area contributed by atoms with Gasteiger partial charge >= 0.3 is 6.09 Å². The molecule has 2 aliphatic rings. The van der Waals surface area contributed by atoms with E-state index in [1.54, 1.807) is 24.2 Å². The lowest BCUT2D eigenvalue weighted by Gasteiger charge is -2.43. The number of hydrogen-bond acceptors (Lipinski definition) is 8. The molecule has 1 saturated carbocycles. The monoisotopic (exact) mass is 531 g/mol. The fraction of sp³-hybridized carbons (Fsp3) is 0.464. The summed E-state index contributed by atoms with van der Waals surface area (Å²) in [6, 6.07) is 6.14. The van der Waals surface area contributed by atoms with E-state index in [-0.39, 0.29) is 17.6 Å². The Kier molecular flexibility index (Phi) is 6.37. The molecule has 4 aromatic rings. The Morgan fingerprint density at radius 3 is 2.68 bits per heavy atom. The van der Waals surface area contributed by atoms with Crippen LogP contribution in [-0.2, 0) is 4.74 Å². The van der Waals surface area contributed by atoms with E-state index in [1.807, 2.05) is 57.6 Å². The van der Waals surface area contributed by atoms with Crippen LogP contribution in [0.25, 0.3) is 16.7 Å². The highest BCUT2D eigenvalue weighted by Crippen LogP contribution is 2.47. The van der Waals surface area contributed by atoms with Crippen LogP contribution in [0.1, 0.15) is 52.9 Å². The minimum Gasteiger partial charge on any atom is -0.444 e. The highest BCUT2D eigenvalue weighted by Gasteiger charge is 2.46. The molecule has 6 rings (SSSR count). The largest absolute Gasteiger partial charge is 0.444 e. The third-order valence-electron chi connectivity index (χ3n) is 7.71. The van der Waals surface area contributed by atoms with Gasteiger partial charge in [-0.3, -0.25) is 4.40 Å². The molecule has 2 fully saturated rings. The van der Waals surface area contributed by atoms with Crippen molar-refractivity contribution in [2.75, 3.05) is 18.0 Å². The first-order chi connectivity index (χ1) is 18.3. The molecule has 1 aliphatic carbocycles. The second-order valence-electron chi connectivity index (χ2n) is 11.3. The number of nitrogens with zero attached hydrogens (tertiary/aromatic N) is 6. The summed E-state index contributed by atoms with van der Waals surface area (Å²) in [5.41, 5.74) is 1.25. The molecule has 0 aromatic carbocycles. The van der Waals surface area contributed by atoms with Gasteiger partial charge in [0.05, 0.1) is 4.90 Å². The number of hydrogen-bond donors (Lipinski definition) is 1. The Morgan fingerprint density at radius 2 is 1.87 bits per heavy atom. The fourth-order valence-corrected chi connectivity index (χ4v) is 6.90. The summed E-state index contributed by atoms with van der Waals surface area (Å²) in [6.07, 6.45) is 14.3. The lowest BCUT2D eigenvalue weighted by atomic mass is 9.74. The predicted molar refractivity (Wildman–Crippen MR) is 148 cm³/mol. The molecule has 5 heterocycles. The topological polar surface area (TPSA) is 97.5 Å². The number of aromatic nitrogens is 5. The molecule has 1 N–H and O–H groups in total. The number of imidazole rings is 1. The van der Waals surface area contributed by atoms with Crippen LogP contribution in [0.5, 0.6) is 0 Å². The number of nitrogens with one attached hydrogen (secondary N) is 1. The Bertz CT molecular complexity index is 1470. The molecule has 0 radical (unpaired) electrons. The van der Waals surface area contributed by atoms with Crippen LogP contribution in [0, 0.1) is 5.41 Å². The van der Waals surface area contributed by atoms with Crippen LogP contribution < -0.4 is 10.2 Å². The molecule has 1 amide bonds. The number of anilines is 1. The first-order valence-electron chi connectivity index (χ1n) is 13.3. The van der Waals surface area contributed by atoms with E-state index in [9.17, 15) is 4.79 Å². The summed E-state index contributed by atoms with van der Waals surface area (Å²) in [6.45, 7) is 7.48. The van der Waals surface area contributed by atoms with E-state index in [4.69, 9.17) is 9.72 Å². The average Bonchev–Trinajstić information content (AvgIpc) is 3.52. The molecule has 1 aliphatic heterocycles. The van der Waals surface area contributed by atoms with Crippen molar-refractivity contribution >= 4 is 40.5 Å². The van der Waals surface area contributed by atoms with Crippen LogP contribution in [0.15, 0.2) is 59.0 Å². The fourth-order valence-electron chi connectivity index (χ4n) is 5.92. The zero-order valence-electron chi connectivity index (χ0n) is 22.1. The number of carbonyl (C=O) groups excluding carboxylic acids is 1. The Morgan fingerprint density at radius 1 is 1.05 bits per heavy atom. The van der Waals surface area contributed by atoms with E-state index in [0.29, 0.717) is 0 Å². The van der Waals surface area contributed by atoms with Crippen molar-refractivity contribution in [1.29, 1.82) is 0 Å². The van der Waals surface area contributed by atoms with Crippen LogP contribution >= 0.6 is 11.8 Å². The highest BCUT2D eigenvalue weighted by molar-refractivity contribution is 7.99. The van der Waals surface area contributed by atoms with Gasteiger partial charge in [-0.15, -0.1) is 0 Å². The van der Waals surface area contributed by atoms with Crippen LogP contribution in [0.2, 0.25) is 0 Å². The number of pyridine rings is 2. The van der Waals surface area contributed by atoms with E-state index in [2.05, 4.69) is 29.6 Å². The summed E-state index contributed by atoms with van der Waals surface area (Å²) >= 11 is 1.64. The van der Waals surface area contributed by atoms with Gasteiger partial charge in [0.1, 0.15) is 5.60 Å². The standard InChI is InChI=1S/C28H33N7O2S/c1-27(2,3)37-26(36)33-22-7-4-9-28(22)10-15-34(16-11-28)25-32-18-21(24-31-14-17-35(24)25)38-20-8-13-30-23-19(20)6-5-12-29-23/h5-6,8,12-14,17-18,22H,4,7,9-11,15-16H2,1-3H3,(H,33,36)/t22-/m1/s1. The maximum absolute atomic E-state index is 12.5. The molecule has 0 unspecified atom stereocenters. The van der Waals surface area contributed by atoms with Crippen molar-refractivity contribution in [1.82, 2.24) is 29.7 Å². The van der Waals surface area contributed by atoms with E-state index >= 15 is 0 Å². The summed E-state index contributed by atoms with van der Waals surface area (Å²) in [4.78, 5) is 35.3. The van der Waals surface area contributed by atoms with Crippen molar-refractivity contribution in [3.63, 3.8) is 0 Å². The molecule has 4 aromatic heterocycles. The minimum absolute atomic E-state index is 0.119. The zero-order chi connectivity index (χ0) is 26.3. The van der Waals surface area contributed by atoms with E-state index in [0.717, 1.165) is 77.6 Å². The Hall–Kier alpha value is -3.40. The molecule has 1 spiro atoms. The number of carbonyl (C=O) groups is 1. The van der Waals surface area contributed by atoms with E-state index in [1.165, 1.54) is 0 Å². The van der Waals surface area contributed by atoms with Crippen LogP contribution in [-0.4, -0.2) is 55.2 Å². The van der Waals surface area contributed by atoms with Crippen molar-refractivity contribution in [3.05, 3.63) is 49.2 Å². The number of piperidine rings is 1. The molecule has 9 nitrogen and oxygen atoms in total. The second-order valence-corrected chi connectivity index (χ2v) is 12.4. The van der Waals surface area contributed by atoms with Gasteiger partial charge in [-0.05, 0) is 70.1 Å². The van der Waals surface area contributed by atoms with Crippen LogP contribution in [0.3, 0.4) is 0 Å². The summed E-state index contributed by atoms with van der Waals surface area (Å²) < 4.78 is 7.64. The molecule has 10 heteroatoms. The van der Waals surface area contributed by atoms with Crippen molar-refractivity contribution in [2.24, 2.45) is 5.41 Å². The summed E-state index contributed by atoms with van der Waals surface area (Å²) in [5.74, 6) is 0.910. The van der Waals surface area contributed by atoms with Gasteiger partial charge in [-0.2, -0.15) is 0 Å². The molecule has 1 saturated heterocycles. The molecule has 1 atom stereocenters. The predicted octanol–water partition coefficient (Wildman–Crippen LogP) is 5.49. The maximum Gasteiger partial charge on any atom is 0.407 e.